The number of rotatable bonds is 9. The van der Waals surface area contributed by atoms with Crippen LogP contribution < -0.4 is 0 Å². The summed E-state index contributed by atoms with van der Waals surface area (Å²) in [6.07, 6.45) is -6.24. The van der Waals surface area contributed by atoms with Gasteiger partial charge < -0.3 is 59.1 Å². The molecule has 0 amide bonds. The highest BCUT2D eigenvalue weighted by atomic mass is 16.7. The van der Waals surface area contributed by atoms with Crippen LogP contribution in [0.5, 0.6) is 0 Å². The number of ether oxygens (including phenoxy) is 6. The van der Waals surface area contributed by atoms with Gasteiger partial charge in [-0.1, -0.05) is 0 Å². The van der Waals surface area contributed by atoms with Gasteiger partial charge in [0.2, 0.25) is 0 Å². The quantitative estimate of drug-likeness (QED) is 0.192. The second-order valence-electron chi connectivity index (χ2n) is 11.8. The fourth-order valence-electron chi connectivity index (χ4n) is 8.03. The Bertz CT molecular complexity index is 744. The van der Waals surface area contributed by atoms with Crippen molar-refractivity contribution in [3.63, 3.8) is 0 Å². The largest absolute Gasteiger partial charge is 0.396 e. The van der Waals surface area contributed by atoms with Crippen LogP contribution in [0.4, 0.5) is 0 Å². The smallest absolute Gasteiger partial charge is 0.186 e. The molecule has 0 spiro atoms. The molecule has 6 N–H and O–H groups in total. The van der Waals surface area contributed by atoms with E-state index in [1.807, 2.05) is 0 Å². The molecule has 14 atom stereocenters. The van der Waals surface area contributed by atoms with E-state index in [1.165, 1.54) is 0 Å². The lowest BCUT2D eigenvalue weighted by molar-refractivity contribution is -0.280. The topological polar surface area (TPSA) is 177 Å². The standard InChI is InChI=1S/C27H48O12/c1-34-17-7-13(8-18(35-2)23(17)31)20-15(10-38-27-25(33)22(30)16(29)11-39-27)14(9-28)5-12-6-19(36-3)24(32)26(37-4)21(12)20/h12-33H,5-11H2,1-4H3. The molecular weight excluding hydrogens is 516 g/mol. The number of fused-ring (bicyclic) bond motifs is 1. The van der Waals surface area contributed by atoms with Crippen molar-refractivity contribution in [1.29, 1.82) is 0 Å². The zero-order valence-electron chi connectivity index (χ0n) is 23.3. The maximum Gasteiger partial charge on any atom is 0.186 e. The third kappa shape index (κ3) is 6.18. The average molecular weight is 565 g/mol. The number of aliphatic hydroxyl groups is 6. The molecule has 1 heterocycles. The van der Waals surface area contributed by atoms with Crippen LogP contribution in [0.2, 0.25) is 0 Å². The Hall–Kier alpha value is -0.480. The molecule has 39 heavy (non-hydrogen) atoms. The summed E-state index contributed by atoms with van der Waals surface area (Å²) in [6.45, 7) is -0.150. The zero-order chi connectivity index (χ0) is 28.4. The summed E-state index contributed by atoms with van der Waals surface area (Å²) in [7, 11) is 6.30. The second kappa shape index (κ2) is 13.7. The lowest BCUT2D eigenvalue weighted by Crippen LogP contribution is -2.61. The van der Waals surface area contributed by atoms with Gasteiger partial charge in [-0.3, -0.25) is 0 Å². The van der Waals surface area contributed by atoms with Gasteiger partial charge >= 0.3 is 0 Å². The van der Waals surface area contributed by atoms with Crippen molar-refractivity contribution in [3.8, 4) is 0 Å². The van der Waals surface area contributed by atoms with Gasteiger partial charge in [0.25, 0.3) is 0 Å². The highest BCUT2D eigenvalue weighted by Gasteiger charge is 2.57. The minimum absolute atomic E-state index is 0.0210. The van der Waals surface area contributed by atoms with Crippen molar-refractivity contribution >= 4 is 0 Å². The summed E-state index contributed by atoms with van der Waals surface area (Å²) in [6, 6.07) is 0. The third-order valence-electron chi connectivity index (χ3n) is 10.0. The van der Waals surface area contributed by atoms with Gasteiger partial charge in [-0.05, 0) is 61.2 Å². The predicted octanol–water partition coefficient (Wildman–Crippen LogP) is -1.49. The lowest BCUT2D eigenvalue weighted by Gasteiger charge is -2.57. The highest BCUT2D eigenvalue weighted by Crippen LogP contribution is 2.55. The SMILES string of the molecule is COC1CC(C2C(COC3OCC(O)C(O)C3O)C(CO)CC3CC(OC)C(O)C(OC)C32)CC(OC)C1O. The van der Waals surface area contributed by atoms with E-state index in [4.69, 9.17) is 28.4 Å². The molecule has 4 fully saturated rings. The van der Waals surface area contributed by atoms with E-state index in [0.717, 1.165) is 0 Å². The Morgan fingerprint density at radius 2 is 1.23 bits per heavy atom. The van der Waals surface area contributed by atoms with Crippen LogP contribution in [-0.2, 0) is 28.4 Å². The minimum atomic E-state index is -1.43. The number of methoxy groups -OCH3 is 4. The van der Waals surface area contributed by atoms with Gasteiger partial charge in [0.1, 0.15) is 30.5 Å². The number of hydrogen-bond donors (Lipinski definition) is 6. The third-order valence-corrected chi connectivity index (χ3v) is 10.0. The molecule has 0 radical (unpaired) electrons. The first kappa shape index (κ1) is 31.5. The van der Waals surface area contributed by atoms with Crippen molar-refractivity contribution in [2.45, 2.75) is 86.9 Å². The first-order chi connectivity index (χ1) is 18.7. The molecular formula is C27H48O12. The van der Waals surface area contributed by atoms with Crippen LogP contribution in [0, 0.1) is 35.5 Å². The van der Waals surface area contributed by atoms with Gasteiger partial charge in [0.15, 0.2) is 6.29 Å². The van der Waals surface area contributed by atoms with Gasteiger partial charge in [-0.15, -0.1) is 0 Å². The molecule has 3 saturated carbocycles. The van der Waals surface area contributed by atoms with Gasteiger partial charge in [-0.2, -0.15) is 0 Å². The summed E-state index contributed by atoms with van der Waals surface area (Å²) in [5.41, 5.74) is 0. The number of hydrogen-bond acceptors (Lipinski definition) is 12. The molecule has 1 saturated heterocycles. The summed E-state index contributed by atoms with van der Waals surface area (Å²) in [5, 5.41) is 63.0. The van der Waals surface area contributed by atoms with E-state index in [-0.39, 0.29) is 55.3 Å². The zero-order valence-corrected chi connectivity index (χ0v) is 23.3. The Balaban J connectivity index is 1.67. The maximum absolute atomic E-state index is 11.2. The van der Waals surface area contributed by atoms with E-state index in [2.05, 4.69) is 0 Å². The van der Waals surface area contributed by atoms with E-state index >= 15 is 0 Å². The molecule has 12 nitrogen and oxygen atoms in total. The Kier molecular flexibility index (Phi) is 11.0. The fourth-order valence-corrected chi connectivity index (χ4v) is 8.03. The van der Waals surface area contributed by atoms with Crippen molar-refractivity contribution in [1.82, 2.24) is 0 Å². The Morgan fingerprint density at radius 3 is 1.77 bits per heavy atom. The van der Waals surface area contributed by atoms with Crippen molar-refractivity contribution < 1.29 is 59.1 Å². The fraction of sp³-hybridized carbons (Fsp3) is 1.00. The Morgan fingerprint density at radius 1 is 0.667 bits per heavy atom. The monoisotopic (exact) mass is 564 g/mol. The minimum Gasteiger partial charge on any atom is -0.396 e. The van der Waals surface area contributed by atoms with Gasteiger partial charge in [-0.25, -0.2) is 0 Å². The normalized spacial score (nSPS) is 50.9. The summed E-state index contributed by atoms with van der Waals surface area (Å²) >= 11 is 0. The molecule has 4 rings (SSSR count). The molecule has 3 aliphatic carbocycles. The van der Waals surface area contributed by atoms with Crippen LogP contribution in [0.25, 0.3) is 0 Å². The lowest BCUT2D eigenvalue weighted by atomic mass is 9.51. The number of aliphatic hydroxyl groups excluding tert-OH is 6. The van der Waals surface area contributed by atoms with Crippen molar-refractivity contribution in [3.05, 3.63) is 0 Å². The van der Waals surface area contributed by atoms with Crippen molar-refractivity contribution in [2.75, 3.05) is 48.3 Å². The predicted molar refractivity (Wildman–Crippen MR) is 135 cm³/mol. The Labute approximate surface area is 230 Å². The molecule has 0 aromatic carbocycles. The molecule has 0 aromatic rings. The molecule has 4 aliphatic rings. The van der Waals surface area contributed by atoms with E-state index < -0.39 is 61.2 Å². The molecule has 0 bridgehead atoms. The highest BCUT2D eigenvalue weighted by molar-refractivity contribution is 5.06. The summed E-state index contributed by atoms with van der Waals surface area (Å²) in [4.78, 5) is 0. The molecule has 0 aromatic heterocycles. The second-order valence-corrected chi connectivity index (χ2v) is 11.8. The van der Waals surface area contributed by atoms with Crippen LogP contribution in [0.15, 0.2) is 0 Å². The molecule has 12 heteroatoms. The average Bonchev–Trinajstić information content (AvgIpc) is 2.94. The van der Waals surface area contributed by atoms with E-state index in [1.54, 1.807) is 28.4 Å². The molecule has 14 unspecified atom stereocenters. The van der Waals surface area contributed by atoms with E-state index in [9.17, 15) is 30.6 Å². The summed E-state index contributed by atoms with van der Waals surface area (Å²) in [5.74, 6) is -0.539. The van der Waals surface area contributed by atoms with Gasteiger partial charge in [0, 0.05) is 35.0 Å². The maximum atomic E-state index is 11.2. The summed E-state index contributed by atoms with van der Waals surface area (Å²) < 4.78 is 34.4. The first-order valence-corrected chi connectivity index (χ1v) is 14.1. The van der Waals surface area contributed by atoms with Crippen LogP contribution in [0.3, 0.4) is 0 Å². The van der Waals surface area contributed by atoms with Crippen LogP contribution in [0.1, 0.15) is 25.7 Å². The first-order valence-electron chi connectivity index (χ1n) is 14.1. The van der Waals surface area contributed by atoms with Crippen molar-refractivity contribution in [2.24, 2.45) is 35.5 Å². The molecule has 1 aliphatic heterocycles. The van der Waals surface area contributed by atoms with Crippen LogP contribution in [-0.4, -0.2) is 140 Å². The van der Waals surface area contributed by atoms with Crippen LogP contribution >= 0.6 is 0 Å². The molecule has 228 valence electrons. The van der Waals surface area contributed by atoms with Gasteiger partial charge in [0.05, 0.1) is 37.6 Å². The van der Waals surface area contributed by atoms with E-state index in [0.29, 0.717) is 25.7 Å².